The number of carboxylic acid groups (broad SMARTS) is 1. The van der Waals surface area contributed by atoms with Crippen LogP contribution in [0.3, 0.4) is 0 Å². The molecule has 2 aromatic rings. The summed E-state index contributed by atoms with van der Waals surface area (Å²) in [5.74, 6) is -1.90. The molecule has 0 heterocycles. The van der Waals surface area contributed by atoms with Gasteiger partial charge in [-0.05, 0) is 54.2 Å². The van der Waals surface area contributed by atoms with Crippen LogP contribution in [0.5, 0.6) is 5.75 Å². The van der Waals surface area contributed by atoms with Crippen molar-refractivity contribution in [1.29, 1.82) is 0 Å². The fraction of sp³-hybridized carbons (Fsp3) is 0.391. The highest BCUT2D eigenvalue weighted by Gasteiger charge is 2.47. The van der Waals surface area contributed by atoms with Gasteiger partial charge in [0.2, 0.25) is 5.91 Å². The van der Waals surface area contributed by atoms with Gasteiger partial charge in [-0.1, -0.05) is 38.1 Å². The fourth-order valence-corrected chi connectivity index (χ4v) is 3.44. The summed E-state index contributed by atoms with van der Waals surface area (Å²) in [7, 11) is 0. The van der Waals surface area contributed by atoms with Crippen LogP contribution in [0.2, 0.25) is 0 Å². The number of carboxylic acids is 1. The van der Waals surface area contributed by atoms with Gasteiger partial charge in [-0.25, -0.2) is 4.79 Å². The zero-order valence-electron chi connectivity index (χ0n) is 17.6. The monoisotopic (exact) mass is 451 g/mol. The van der Waals surface area contributed by atoms with Crippen LogP contribution in [0.15, 0.2) is 48.5 Å². The van der Waals surface area contributed by atoms with Crippen molar-refractivity contribution in [2.75, 3.05) is 0 Å². The van der Waals surface area contributed by atoms with Crippen LogP contribution in [0.1, 0.15) is 48.2 Å². The van der Waals surface area contributed by atoms with Gasteiger partial charge in [0.15, 0.2) is 0 Å². The summed E-state index contributed by atoms with van der Waals surface area (Å²) < 4.78 is 47.0. The molecule has 1 aliphatic rings. The molecule has 3 rings (SSSR count). The van der Waals surface area contributed by atoms with Gasteiger partial charge in [-0.3, -0.25) is 4.79 Å². The van der Waals surface area contributed by atoms with E-state index in [1.807, 2.05) is 13.8 Å². The molecule has 6 nitrogen and oxygen atoms in total. The quantitative estimate of drug-likeness (QED) is 0.581. The summed E-state index contributed by atoms with van der Waals surface area (Å²) in [6.45, 7) is 3.56. The summed E-state index contributed by atoms with van der Waals surface area (Å²) >= 11 is 0. The molecule has 0 unspecified atom stereocenters. The lowest BCUT2D eigenvalue weighted by atomic mass is 10.0. The van der Waals surface area contributed by atoms with Crippen molar-refractivity contribution in [2.45, 2.75) is 51.3 Å². The zero-order chi connectivity index (χ0) is 23.5. The molecular weight excluding hydrogens is 427 g/mol. The van der Waals surface area contributed by atoms with Crippen molar-refractivity contribution in [2.24, 2.45) is 5.92 Å². The summed E-state index contributed by atoms with van der Waals surface area (Å²) in [4.78, 5) is 24.0. The molecule has 0 aromatic heterocycles. The van der Waals surface area contributed by atoms with Crippen molar-refractivity contribution in [3.63, 3.8) is 0 Å². The van der Waals surface area contributed by atoms with Crippen LogP contribution >= 0.6 is 0 Å². The molecule has 1 saturated carbocycles. The van der Waals surface area contributed by atoms with E-state index in [4.69, 9.17) is 9.84 Å². The first-order chi connectivity index (χ1) is 15.0. The lowest BCUT2D eigenvalue weighted by Gasteiger charge is -2.25. The van der Waals surface area contributed by atoms with Gasteiger partial charge in [-0.15, -0.1) is 13.2 Å². The summed E-state index contributed by atoms with van der Waals surface area (Å²) in [6.07, 6.45) is -4.18. The minimum Gasteiger partial charge on any atom is -0.478 e. The lowest BCUT2D eigenvalue weighted by Crippen LogP contribution is -2.44. The third kappa shape index (κ3) is 6.00. The molecular formula is C23H24F3NO5. The molecule has 2 N–H and O–H groups in total. The first-order valence-electron chi connectivity index (χ1n) is 10.1. The van der Waals surface area contributed by atoms with Crippen molar-refractivity contribution < 1.29 is 37.3 Å². The Morgan fingerprint density at radius 1 is 1.12 bits per heavy atom. The Morgan fingerprint density at radius 2 is 1.78 bits per heavy atom. The number of halogens is 3. The molecule has 172 valence electrons. The zero-order valence-corrected chi connectivity index (χ0v) is 17.6. The number of rotatable bonds is 9. The SMILES string of the molecule is CC(C)[C@@H](OCc1cccc(OC(F)(F)F)c1)C(=O)NC1(c2ccc(C(=O)O)cc2)CC1. The van der Waals surface area contributed by atoms with Gasteiger partial charge in [0.25, 0.3) is 0 Å². The Hall–Kier alpha value is -3.07. The highest BCUT2D eigenvalue weighted by molar-refractivity contribution is 5.87. The molecule has 1 aliphatic carbocycles. The third-order valence-electron chi connectivity index (χ3n) is 5.22. The van der Waals surface area contributed by atoms with Crippen molar-refractivity contribution in [3.8, 4) is 5.75 Å². The molecule has 32 heavy (non-hydrogen) atoms. The van der Waals surface area contributed by atoms with Crippen LogP contribution in [0.25, 0.3) is 0 Å². The minimum atomic E-state index is -4.79. The molecule has 0 radical (unpaired) electrons. The summed E-state index contributed by atoms with van der Waals surface area (Å²) in [6, 6.07) is 11.8. The van der Waals surface area contributed by atoms with Crippen LogP contribution in [0.4, 0.5) is 13.2 Å². The molecule has 1 amide bonds. The van der Waals surface area contributed by atoms with E-state index >= 15 is 0 Å². The van der Waals surface area contributed by atoms with Crippen molar-refractivity contribution >= 4 is 11.9 Å². The number of hydrogen-bond acceptors (Lipinski definition) is 4. The Kier molecular flexibility index (Phi) is 6.78. The molecule has 0 spiro atoms. The van der Waals surface area contributed by atoms with Gasteiger partial charge in [-0.2, -0.15) is 0 Å². The number of carbonyl (C=O) groups excluding carboxylic acids is 1. The molecule has 0 bridgehead atoms. The Labute approximate surface area is 183 Å². The number of alkyl halides is 3. The van der Waals surface area contributed by atoms with E-state index in [9.17, 15) is 22.8 Å². The average Bonchev–Trinajstić information content (AvgIpc) is 3.47. The molecule has 9 heteroatoms. The number of hydrogen-bond donors (Lipinski definition) is 2. The number of ether oxygens (including phenoxy) is 2. The predicted molar refractivity (Wildman–Crippen MR) is 109 cm³/mol. The molecule has 0 saturated heterocycles. The average molecular weight is 451 g/mol. The number of amides is 1. The number of carbonyl (C=O) groups is 2. The number of aromatic carboxylic acids is 1. The Morgan fingerprint density at radius 3 is 2.31 bits per heavy atom. The van der Waals surface area contributed by atoms with Crippen molar-refractivity contribution in [1.82, 2.24) is 5.32 Å². The van der Waals surface area contributed by atoms with Gasteiger partial charge >= 0.3 is 12.3 Å². The lowest BCUT2D eigenvalue weighted by molar-refractivity contribution is -0.274. The highest BCUT2D eigenvalue weighted by atomic mass is 19.4. The maximum Gasteiger partial charge on any atom is 0.573 e. The Balaban J connectivity index is 1.65. The second kappa shape index (κ2) is 9.20. The van der Waals surface area contributed by atoms with E-state index in [0.29, 0.717) is 18.4 Å². The van der Waals surface area contributed by atoms with E-state index in [1.54, 1.807) is 18.2 Å². The standard InChI is InChI=1S/C23H24F3NO5/c1-14(2)19(31-13-15-4-3-5-18(12-15)32-23(24,25)26)20(28)27-22(10-11-22)17-8-6-16(7-9-17)21(29)30/h3-9,12,14,19H,10-11,13H2,1-2H3,(H,27,28)(H,29,30)/t19-/m1/s1. The minimum absolute atomic E-state index is 0.0639. The third-order valence-corrected chi connectivity index (χ3v) is 5.22. The smallest absolute Gasteiger partial charge is 0.478 e. The van der Waals surface area contributed by atoms with Crippen LogP contribution in [0, 0.1) is 5.92 Å². The fourth-order valence-electron chi connectivity index (χ4n) is 3.44. The number of benzene rings is 2. The molecule has 1 atom stereocenters. The second-order valence-corrected chi connectivity index (χ2v) is 8.12. The van der Waals surface area contributed by atoms with E-state index < -0.39 is 24.0 Å². The predicted octanol–water partition coefficient (Wildman–Crippen LogP) is 4.63. The van der Waals surface area contributed by atoms with E-state index in [2.05, 4.69) is 10.1 Å². The maximum absolute atomic E-state index is 13.0. The van der Waals surface area contributed by atoms with Gasteiger partial charge in [0.05, 0.1) is 17.7 Å². The van der Waals surface area contributed by atoms with Crippen LogP contribution in [-0.2, 0) is 21.7 Å². The van der Waals surface area contributed by atoms with Crippen LogP contribution in [-0.4, -0.2) is 29.4 Å². The second-order valence-electron chi connectivity index (χ2n) is 8.12. The van der Waals surface area contributed by atoms with E-state index in [1.165, 1.54) is 30.3 Å². The maximum atomic E-state index is 13.0. The van der Waals surface area contributed by atoms with E-state index in [-0.39, 0.29) is 29.7 Å². The largest absolute Gasteiger partial charge is 0.573 e. The first-order valence-corrected chi connectivity index (χ1v) is 10.1. The number of nitrogens with one attached hydrogen (secondary N) is 1. The first kappa shape index (κ1) is 23.6. The molecule has 0 aliphatic heterocycles. The van der Waals surface area contributed by atoms with Crippen LogP contribution < -0.4 is 10.1 Å². The summed E-state index contributed by atoms with van der Waals surface area (Å²) in [5, 5.41) is 12.1. The van der Waals surface area contributed by atoms with Gasteiger partial charge in [0, 0.05) is 0 Å². The normalized spacial score (nSPS) is 15.8. The van der Waals surface area contributed by atoms with Gasteiger partial charge < -0.3 is 19.9 Å². The highest BCUT2D eigenvalue weighted by Crippen LogP contribution is 2.45. The molecule has 2 aromatic carbocycles. The molecule has 1 fully saturated rings. The topological polar surface area (TPSA) is 84.9 Å². The van der Waals surface area contributed by atoms with E-state index in [0.717, 1.165) is 5.56 Å². The van der Waals surface area contributed by atoms with Crippen molar-refractivity contribution in [3.05, 3.63) is 65.2 Å². The Bertz CT molecular complexity index is 968. The summed E-state index contributed by atoms with van der Waals surface area (Å²) in [5.41, 5.74) is 0.854. The van der Waals surface area contributed by atoms with Gasteiger partial charge in [0.1, 0.15) is 11.9 Å².